The van der Waals surface area contributed by atoms with Crippen molar-refractivity contribution in [3.8, 4) is 0 Å². The highest BCUT2D eigenvalue weighted by Crippen LogP contribution is 2.02. The molecule has 0 saturated carbocycles. The minimum Gasteiger partial charge on any atom is -0.366 e. The molecule has 1 rings (SSSR count). The standard InChI is InChI=1S/C8H8N2O2.CH4/c9-7(11)5-1-2-6(4-3-5)8(10)12;/h1-4H,(H2,9,11)(H2,10,12);1H4. The second-order valence-corrected chi connectivity index (χ2v) is 2.31. The molecule has 0 aliphatic carbocycles. The van der Waals surface area contributed by atoms with Gasteiger partial charge in [-0.15, -0.1) is 0 Å². The van der Waals surface area contributed by atoms with Crippen LogP contribution in [-0.4, -0.2) is 11.8 Å². The number of hydrogen-bond acceptors (Lipinski definition) is 2. The number of carbonyl (C=O) groups is 2. The van der Waals surface area contributed by atoms with Crippen LogP contribution in [0.4, 0.5) is 0 Å². The van der Waals surface area contributed by atoms with E-state index in [0.717, 1.165) is 0 Å². The van der Waals surface area contributed by atoms with Crippen molar-refractivity contribution in [2.75, 3.05) is 0 Å². The molecule has 0 aliphatic rings. The lowest BCUT2D eigenvalue weighted by Crippen LogP contribution is -2.13. The Kier molecular flexibility index (Phi) is 3.65. The molecule has 0 unspecified atom stereocenters. The second kappa shape index (κ2) is 4.25. The van der Waals surface area contributed by atoms with E-state index in [0.29, 0.717) is 11.1 Å². The first-order chi connectivity index (χ1) is 5.61. The van der Waals surface area contributed by atoms with Crippen molar-refractivity contribution in [2.24, 2.45) is 11.5 Å². The van der Waals surface area contributed by atoms with Gasteiger partial charge in [-0.1, -0.05) is 7.43 Å². The molecule has 2 amide bonds. The fourth-order valence-electron chi connectivity index (χ4n) is 0.799. The third-order valence-corrected chi connectivity index (χ3v) is 1.45. The summed E-state index contributed by atoms with van der Waals surface area (Å²) in [5.41, 5.74) is 10.7. The van der Waals surface area contributed by atoms with E-state index in [-0.39, 0.29) is 7.43 Å². The first-order valence-corrected chi connectivity index (χ1v) is 3.31. The Hall–Kier alpha value is -1.84. The quantitative estimate of drug-likeness (QED) is 0.695. The number of benzene rings is 1. The molecule has 4 nitrogen and oxygen atoms in total. The average Bonchev–Trinajstić information content (AvgIpc) is 2.04. The zero-order valence-corrected chi connectivity index (χ0v) is 6.28. The van der Waals surface area contributed by atoms with Gasteiger partial charge in [0.1, 0.15) is 0 Å². The number of hydrogen-bond donors (Lipinski definition) is 2. The summed E-state index contributed by atoms with van der Waals surface area (Å²) in [6, 6.07) is 5.84. The molecule has 1 aromatic carbocycles. The average molecular weight is 180 g/mol. The van der Waals surface area contributed by atoms with E-state index in [1.807, 2.05) is 0 Å². The van der Waals surface area contributed by atoms with E-state index in [1.54, 1.807) is 0 Å². The largest absolute Gasteiger partial charge is 0.366 e. The Labute approximate surface area is 76.5 Å². The third-order valence-electron chi connectivity index (χ3n) is 1.45. The van der Waals surface area contributed by atoms with Crippen LogP contribution in [0.25, 0.3) is 0 Å². The lowest BCUT2D eigenvalue weighted by Gasteiger charge is -1.96. The van der Waals surface area contributed by atoms with E-state index in [9.17, 15) is 9.59 Å². The van der Waals surface area contributed by atoms with Crippen molar-refractivity contribution in [1.29, 1.82) is 0 Å². The van der Waals surface area contributed by atoms with Crippen LogP contribution >= 0.6 is 0 Å². The van der Waals surface area contributed by atoms with Crippen LogP contribution in [0.5, 0.6) is 0 Å². The van der Waals surface area contributed by atoms with E-state index in [1.165, 1.54) is 24.3 Å². The topological polar surface area (TPSA) is 86.2 Å². The highest BCUT2D eigenvalue weighted by Gasteiger charge is 2.02. The molecule has 0 saturated heterocycles. The van der Waals surface area contributed by atoms with Crippen LogP contribution < -0.4 is 11.5 Å². The molecule has 4 heteroatoms. The first-order valence-electron chi connectivity index (χ1n) is 3.31. The Bertz CT molecular complexity index is 284. The molecule has 0 fully saturated rings. The van der Waals surface area contributed by atoms with Gasteiger partial charge in [0.15, 0.2) is 0 Å². The molecule has 0 aromatic heterocycles. The van der Waals surface area contributed by atoms with Crippen LogP contribution in [0.15, 0.2) is 24.3 Å². The smallest absolute Gasteiger partial charge is 0.248 e. The van der Waals surface area contributed by atoms with Gasteiger partial charge < -0.3 is 11.5 Å². The van der Waals surface area contributed by atoms with Gasteiger partial charge in [0.05, 0.1) is 0 Å². The third kappa shape index (κ3) is 2.59. The lowest BCUT2D eigenvalue weighted by molar-refractivity contribution is 0.0988. The summed E-state index contributed by atoms with van der Waals surface area (Å²) in [6.45, 7) is 0. The summed E-state index contributed by atoms with van der Waals surface area (Å²) in [6.07, 6.45) is 0. The normalized spacial score (nSPS) is 8.62. The molecular weight excluding hydrogens is 168 g/mol. The predicted octanol–water partition coefficient (Wildman–Crippen LogP) is 0.520. The van der Waals surface area contributed by atoms with Crippen LogP contribution in [-0.2, 0) is 0 Å². The van der Waals surface area contributed by atoms with E-state index >= 15 is 0 Å². The van der Waals surface area contributed by atoms with Crippen molar-refractivity contribution in [2.45, 2.75) is 7.43 Å². The van der Waals surface area contributed by atoms with Gasteiger partial charge in [-0.25, -0.2) is 0 Å². The highest BCUT2D eigenvalue weighted by atomic mass is 16.1. The minimum absolute atomic E-state index is 0. The Morgan fingerprint density at radius 3 is 1.23 bits per heavy atom. The SMILES string of the molecule is C.NC(=O)c1ccc(C(N)=O)cc1. The van der Waals surface area contributed by atoms with E-state index in [2.05, 4.69) is 0 Å². The van der Waals surface area contributed by atoms with Crippen molar-refractivity contribution in [1.82, 2.24) is 0 Å². The summed E-state index contributed by atoms with van der Waals surface area (Å²) < 4.78 is 0. The van der Waals surface area contributed by atoms with Crippen molar-refractivity contribution < 1.29 is 9.59 Å². The van der Waals surface area contributed by atoms with Crippen molar-refractivity contribution >= 4 is 11.8 Å². The maximum atomic E-state index is 10.6. The number of primary amides is 2. The molecule has 0 heterocycles. The molecule has 0 aliphatic heterocycles. The molecule has 13 heavy (non-hydrogen) atoms. The van der Waals surface area contributed by atoms with Crippen LogP contribution in [0.2, 0.25) is 0 Å². The Balaban J connectivity index is 0.00000144. The summed E-state index contributed by atoms with van der Waals surface area (Å²) in [7, 11) is 0. The number of rotatable bonds is 2. The van der Waals surface area contributed by atoms with Gasteiger partial charge in [0.2, 0.25) is 11.8 Å². The van der Waals surface area contributed by atoms with Gasteiger partial charge in [-0.2, -0.15) is 0 Å². The fourth-order valence-corrected chi connectivity index (χ4v) is 0.799. The highest BCUT2D eigenvalue weighted by molar-refractivity contribution is 5.96. The summed E-state index contributed by atoms with van der Waals surface area (Å²) in [5.74, 6) is -1.04. The molecule has 70 valence electrons. The van der Waals surface area contributed by atoms with Gasteiger partial charge in [0, 0.05) is 11.1 Å². The molecule has 0 radical (unpaired) electrons. The molecule has 4 N–H and O–H groups in total. The zero-order chi connectivity index (χ0) is 9.14. The Morgan fingerprint density at radius 1 is 0.846 bits per heavy atom. The molecule has 1 aromatic rings. The summed E-state index contributed by atoms with van der Waals surface area (Å²) in [4.78, 5) is 21.2. The van der Waals surface area contributed by atoms with Gasteiger partial charge in [0.25, 0.3) is 0 Å². The minimum atomic E-state index is -0.522. The lowest BCUT2D eigenvalue weighted by atomic mass is 10.1. The van der Waals surface area contributed by atoms with Crippen LogP contribution in [0.1, 0.15) is 28.1 Å². The monoisotopic (exact) mass is 180 g/mol. The first kappa shape index (κ1) is 11.2. The van der Waals surface area contributed by atoms with Crippen molar-refractivity contribution in [3.05, 3.63) is 35.4 Å². The summed E-state index contributed by atoms with van der Waals surface area (Å²) >= 11 is 0. The van der Waals surface area contributed by atoms with Crippen molar-refractivity contribution in [3.63, 3.8) is 0 Å². The van der Waals surface area contributed by atoms with Gasteiger partial charge >= 0.3 is 0 Å². The van der Waals surface area contributed by atoms with E-state index < -0.39 is 11.8 Å². The Morgan fingerprint density at radius 2 is 1.08 bits per heavy atom. The molecule has 0 spiro atoms. The van der Waals surface area contributed by atoms with Gasteiger partial charge in [-0.3, -0.25) is 9.59 Å². The predicted molar refractivity (Wildman–Crippen MR) is 50.2 cm³/mol. The molecule has 0 atom stereocenters. The summed E-state index contributed by atoms with van der Waals surface area (Å²) in [5, 5.41) is 0. The fraction of sp³-hybridized carbons (Fsp3) is 0.111. The van der Waals surface area contributed by atoms with Crippen LogP contribution in [0.3, 0.4) is 0 Å². The number of amides is 2. The van der Waals surface area contributed by atoms with E-state index in [4.69, 9.17) is 11.5 Å². The maximum absolute atomic E-state index is 10.6. The molecule has 0 bridgehead atoms. The second-order valence-electron chi connectivity index (χ2n) is 2.31. The maximum Gasteiger partial charge on any atom is 0.248 e. The van der Waals surface area contributed by atoms with Crippen LogP contribution in [0, 0.1) is 0 Å². The zero-order valence-electron chi connectivity index (χ0n) is 6.28. The van der Waals surface area contributed by atoms with Gasteiger partial charge in [-0.05, 0) is 24.3 Å². The molecular formula is C9H12N2O2. The number of carbonyl (C=O) groups excluding carboxylic acids is 2. The number of nitrogens with two attached hydrogens (primary N) is 2.